The van der Waals surface area contributed by atoms with E-state index < -0.39 is 0 Å². The highest BCUT2D eigenvalue weighted by atomic mass is 79.9. The summed E-state index contributed by atoms with van der Waals surface area (Å²) in [6, 6.07) is 10.6. The van der Waals surface area contributed by atoms with Gasteiger partial charge in [0.05, 0.1) is 0 Å². The van der Waals surface area contributed by atoms with Gasteiger partial charge in [0, 0.05) is 5.33 Å². The molecule has 82 valence electrons. The Morgan fingerprint density at radius 1 is 1.20 bits per heavy atom. The van der Waals surface area contributed by atoms with E-state index in [-0.39, 0.29) is 0 Å². The molecule has 0 saturated heterocycles. The normalized spacial score (nSPS) is 14.3. The summed E-state index contributed by atoms with van der Waals surface area (Å²) in [7, 11) is 0. The Balaban J connectivity index is 2.81. The number of hydrogen-bond acceptors (Lipinski definition) is 0. The van der Waals surface area contributed by atoms with E-state index in [2.05, 4.69) is 73.1 Å². The van der Waals surface area contributed by atoms with Gasteiger partial charge in [0.15, 0.2) is 0 Å². The Hall–Kier alpha value is -0.560. The minimum absolute atomic E-state index is 0.501. The van der Waals surface area contributed by atoms with E-state index in [0.29, 0.717) is 11.8 Å². The van der Waals surface area contributed by atoms with Crippen molar-refractivity contribution in [2.75, 3.05) is 5.33 Å². The van der Waals surface area contributed by atoms with Crippen molar-refractivity contribution in [2.45, 2.75) is 26.7 Å². The predicted molar refractivity (Wildman–Crippen MR) is 71.6 cm³/mol. The van der Waals surface area contributed by atoms with Gasteiger partial charge in [0.1, 0.15) is 0 Å². The lowest BCUT2D eigenvalue weighted by Gasteiger charge is -2.12. The second-order valence-corrected chi connectivity index (χ2v) is 4.79. The third-order valence-electron chi connectivity index (χ3n) is 2.69. The van der Waals surface area contributed by atoms with Crippen molar-refractivity contribution in [3.8, 4) is 0 Å². The molecule has 0 aliphatic rings. The molecule has 0 bridgehead atoms. The van der Waals surface area contributed by atoms with Gasteiger partial charge in [-0.1, -0.05) is 78.7 Å². The molecule has 0 radical (unpaired) electrons. The smallest absolute Gasteiger partial charge is 0.0244 e. The van der Waals surface area contributed by atoms with Crippen molar-refractivity contribution in [2.24, 2.45) is 5.92 Å². The Morgan fingerprint density at radius 3 is 2.27 bits per heavy atom. The van der Waals surface area contributed by atoms with E-state index in [4.69, 9.17) is 0 Å². The van der Waals surface area contributed by atoms with E-state index in [1.165, 1.54) is 11.1 Å². The fourth-order valence-electron chi connectivity index (χ4n) is 1.57. The van der Waals surface area contributed by atoms with Crippen LogP contribution in [-0.2, 0) is 0 Å². The predicted octanol–water partition coefficient (Wildman–Crippen LogP) is 4.77. The summed E-state index contributed by atoms with van der Waals surface area (Å²) in [5.41, 5.74) is 2.86. The Bertz CT molecular complexity index is 311. The third-order valence-corrected chi connectivity index (χ3v) is 3.33. The number of allylic oxidation sites excluding steroid dienone is 2. The van der Waals surface area contributed by atoms with Crippen LogP contribution in [0.5, 0.6) is 0 Å². The van der Waals surface area contributed by atoms with Crippen molar-refractivity contribution in [3.63, 3.8) is 0 Å². The molecule has 0 saturated carbocycles. The Kier molecular flexibility index (Phi) is 5.10. The van der Waals surface area contributed by atoms with Gasteiger partial charge in [-0.25, -0.2) is 0 Å². The van der Waals surface area contributed by atoms with Gasteiger partial charge in [0.25, 0.3) is 0 Å². The molecule has 0 nitrogen and oxygen atoms in total. The monoisotopic (exact) mass is 266 g/mol. The minimum atomic E-state index is 0.501. The van der Waals surface area contributed by atoms with Gasteiger partial charge in [-0.3, -0.25) is 0 Å². The van der Waals surface area contributed by atoms with E-state index in [9.17, 15) is 0 Å². The second-order valence-electron chi connectivity index (χ2n) is 4.23. The molecular weight excluding hydrogens is 248 g/mol. The summed E-state index contributed by atoms with van der Waals surface area (Å²) in [4.78, 5) is 0. The molecule has 0 aliphatic heterocycles. The van der Waals surface area contributed by atoms with Gasteiger partial charge in [-0.2, -0.15) is 0 Å². The van der Waals surface area contributed by atoms with Gasteiger partial charge >= 0.3 is 0 Å². The van der Waals surface area contributed by atoms with Crippen molar-refractivity contribution >= 4 is 15.9 Å². The average molecular weight is 267 g/mol. The second kappa shape index (κ2) is 6.12. The standard InChI is InChI=1S/C14H19Br/c1-11(2)14(10-15)9-12(3)13-7-5-4-6-8-13/h4-9,11-12H,10H2,1-3H3/b14-9+. The van der Waals surface area contributed by atoms with Gasteiger partial charge in [-0.15, -0.1) is 0 Å². The van der Waals surface area contributed by atoms with E-state index in [1.807, 2.05) is 0 Å². The molecule has 1 aromatic rings. The van der Waals surface area contributed by atoms with Crippen LogP contribution in [-0.4, -0.2) is 5.33 Å². The number of hydrogen-bond donors (Lipinski definition) is 0. The van der Waals surface area contributed by atoms with Crippen molar-refractivity contribution in [1.29, 1.82) is 0 Å². The first-order valence-corrected chi connectivity index (χ1v) is 6.58. The maximum absolute atomic E-state index is 3.55. The molecule has 1 atom stereocenters. The highest BCUT2D eigenvalue weighted by molar-refractivity contribution is 9.09. The Labute approximate surface area is 102 Å². The van der Waals surface area contributed by atoms with Crippen LogP contribution in [0.3, 0.4) is 0 Å². The fraction of sp³-hybridized carbons (Fsp3) is 0.429. The number of alkyl halides is 1. The quantitative estimate of drug-likeness (QED) is 0.544. The first-order valence-electron chi connectivity index (χ1n) is 5.46. The number of benzene rings is 1. The van der Waals surface area contributed by atoms with Crippen LogP contribution in [0, 0.1) is 5.92 Å². The molecular formula is C14H19Br. The van der Waals surface area contributed by atoms with Crippen LogP contribution in [0.25, 0.3) is 0 Å². The molecule has 0 N–H and O–H groups in total. The van der Waals surface area contributed by atoms with Gasteiger partial charge in [-0.05, 0) is 17.4 Å². The summed E-state index contributed by atoms with van der Waals surface area (Å²) >= 11 is 3.55. The van der Waals surface area contributed by atoms with Crippen molar-refractivity contribution < 1.29 is 0 Å². The first-order chi connectivity index (χ1) is 7.15. The molecule has 0 fully saturated rings. The highest BCUT2D eigenvalue weighted by Gasteiger charge is 2.06. The van der Waals surface area contributed by atoms with Gasteiger partial charge < -0.3 is 0 Å². The van der Waals surface area contributed by atoms with Crippen LogP contribution < -0.4 is 0 Å². The van der Waals surface area contributed by atoms with Crippen LogP contribution in [0.15, 0.2) is 42.0 Å². The molecule has 1 aromatic carbocycles. The maximum Gasteiger partial charge on any atom is 0.0244 e. The molecule has 1 rings (SSSR count). The summed E-state index contributed by atoms with van der Waals surface area (Å²) in [5, 5.41) is 0.974. The van der Waals surface area contributed by atoms with Gasteiger partial charge in [0.2, 0.25) is 0 Å². The van der Waals surface area contributed by atoms with Crippen molar-refractivity contribution in [1.82, 2.24) is 0 Å². The molecule has 1 unspecified atom stereocenters. The van der Waals surface area contributed by atoms with E-state index in [0.717, 1.165) is 5.33 Å². The molecule has 1 heteroatoms. The molecule has 0 spiro atoms. The minimum Gasteiger partial charge on any atom is -0.0880 e. The van der Waals surface area contributed by atoms with Crippen LogP contribution in [0.1, 0.15) is 32.3 Å². The lowest BCUT2D eigenvalue weighted by Crippen LogP contribution is -1.99. The molecule has 0 heterocycles. The fourth-order valence-corrected chi connectivity index (χ4v) is 2.40. The number of halogens is 1. The van der Waals surface area contributed by atoms with Crippen LogP contribution in [0.2, 0.25) is 0 Å². The maximum atomic E-state index is 3.55. The third kappa shape index (κ3) is 3.83. The first kappa shape index (κ1) is 12.5. The zero-order valence-electron chi connectivity index (χ0n) is 9.70. The van der Waals surface area contributed by atoms with Crippen molar-refractivity contribution in [3.05, 3.63) is 47.5 Å². The van der Waals surface area contributed by atoms with Crippen LogP contribution >= 0.6 is 15.9 Å². The number of rotatable bonds is 4. The van der Waals surface area contributed by atoms with E-state index in [1.54, 1.807) is 0 Å². The lowest BCUT2D eigenvalue weighted by atomic mass is 9.95. The Morgan fingerprint density at radius 2 is 1.80 bits per heavy atom. The molecule has 0 aromatic heterocycles. The summed E-state index contributed by atoms with van der Waals surface area (Å²) in [5.74, 6) is 1.12. The largest absolute Gasteiger partial charge is 0.0880 e. The summed E-state index contributed by atoms with van der Waals surface area (Å²) in [6.45, 7) is 6.73. The SMILES string of the molecule is CC(C)/C(=C/C(C)c1ccccc1)CBr. The molecule has 15 heavy (non-hydrogen) atoms. The summed E-state index contributed by atoms with van der Waals surface area (Å²) in [6.07, 6.45) is 2.37. The zero-order chi connectivity index (χ0) is 11.3. The zero-order valence-corrected chi connectivity index (χ0v) is 11.3. The average Bonchev–Trinajstić information content (AvgIpc) is 2.26. The highest BCUT2D eigenvalue weighted by Crippen LogP contribution is 2.22. The lowest BCUT2D eigenvalue weighted by molar-refractivity contribution is 0.758. The summed E-state index contributed by atoms with van der Waals surface area (Å²) < 4.78 is 0. The topological polar surface area (TPSA) is 0 Å². The van der Waals surface area contributed by atoms with E-state index >= 15 is 0 Å². The van der Waals surface area contributed by atoms with Crippen LogP contribution in [0.4, 0.5) is 0 Å². The molecule has 0 aliphatic carbocycles. The molecule has 0 amide bonds.